The molecule has 2 aliphatic rings. The number of amides is 1. The second-order valence-electron chi connectivity index (χ2n) is 8.40. The first-order valence-corrected chi connectivity index (χ1v) is 11.6. The van der Waals surface area contributed by atoms with Crippen LogP contribution in [0.1, 0.15) is 43.4 Å². The van der Waals surface area contributed by atoms with Gasteiger partial charge in [0, 0.05) is 39.8 Å². The van der Waals surface area contributed by atoms with Crippen LogP contribution in [0, 0.1) is 0 Å². The molecule has 32 heavy (non-hydrogen) atoms. The summed E-state index contributed by atoms with van der Waals surface area (Å²) in [7, 11) is 1.81. The molecule has 2 aliphatic heterocycles. The van der Waals surface area contributed by atoms with E-state index in [9.17, 15) is 4.79 Å². The zero-order valence-electron chi connectivity index (χ0n) is 19.3. The predicted octanol–water partition coefficient (Wildman–Crippen LogP) is 1.71. The van der Waals surface area contributed by atoms with E-state index in [0.29, 0.717) is 44.0 Å². The molecule has 172 valence electrons. The molecule has 2 fully saturated rings. The lowest BCUT2D eigenvalue weighted by Crippen LogP contribution is -2.66. The minimum absolute atomic E-state index is 0.110. The van der Waals surface area contributed by atoms with E-state index in [-0.39, 0.29) is 5.91 Å². The third-order valence-electron chi connectivity index (χ3n) is 6.61. The summed E-state index contributed by atoms with van der Waals surface area (Å²) in [5, 5.41) is 12.9. The molecule has 4 N–H and O–H groups in total. The first kappa shape index (κ1) is 22.3. The lowest BCUT2D eigenvalue weighted by molar-refractivity contribution is -0.130. The van der Waals surface area contributed by atoms with E-state index in [1.807, 2.05) is 7.05 Å². The topological polar surface area (TPSA) is 107 Å². The van der Waals surface area contributed by atoms with Crippen LogP contribution in [-0.4, -0.2) is 59.6 Å². The minimum atomic E-state index is -0.463. The van der Waals surface area contributed by atoms with Crippen molar-refractivity contribution in [3.63, 3.8) is 0 Å². The molecule has 2 aromatic rings. The van der Waals surface area contributed by atoms with Gasteiger partial charge < -0.3 is 26.2 Å². The van der Waals surface area contributed by atoms with Crippen molar-refractivity contribution in [2.24, 2.45) is 0 Å². The maximum atomic E-state index is 12.4. The summed E-state index contributed by atoms with van der Waals surface area (Å²) in [6, 6.07) is 6.51. The summed E-state index contributed by atoms with van der Waals surface area (Å²) < 4.78 is 0. The molecule has 0 atom stereocenters. The standard InChI is InChI=1S/C23H34N8O/c1-4-16-7-6-8-17(5-2)18(16)15-26-21-28-20(24-3)29-22(30-21)31-13-9-23(10-14-31)19(32)25-11-12-27-23/h6-8,27H,4-5,9-15H2,1-3H3,(H,25,32)(H2,24,26,28,29,30). The van der Waals surface area contributed by atoms with E-state index in [0.717, 1.165) is 32.2 Å². The molecule has 2 saturated heterocycles. The molecular weight excluding hydrogens is 404 g/mol. The van der Waals surface area contributed by atoms with Gasteiger partial charge in [-0.2, -0.15) is 15.0 Å². The Morgan fingerprint density at radius 1 is 1.03 bits per heavy atom. The Kier molecular flexibility index (Phi) is 6.74. The molecule has 0 aliphatic carbocycles. The number of carbonyl (C=O) groups excluding carboxylic acids is 1. The van der Waals surface area contributed by atoms with Gasteiger partial charge in [0.25, 0.3) is 0 Å². The Balaban J connectivity index is 1.50. The number of aromatic nitrogens is 3. The molecule has 9 heteroatoms. The van der Waals surface area contributed by atoms with Crippen LogP contribution in [0.3, 0.4) is 0 Å². The Hall–Kier alpha value is -2.94. The van der Waals surface area contributed by atoms with Gasteiger partial charge in [-0.05, 0) is 42.4 Å². The highest BCUT2D eigenvalue weighted by Gasteiger charge is 2.43. The number of nitrogens with one attached hydrogen (secondary N) is 4. The van der Waals surface area contributed by atoms with E-state index in [1.165, 1.54) is 16.7 Å². The number of hydrogen-bond donors (Lipinski definition) is 4. The van der Waals surface area contributed by atoms with Gasteiger partial charge in [0.2, 0.25) is 23.8 Å². The van der Waals surface area contributed by atoms with Gasteiger partial charge in [-0.3, -0.25) is 4.79 Å². The van der Waals surface area contributed by atoms with Gasteiger partial charge in [-0.1, -0.05) is 32.0 Å². The zero-order chi connectivity index (χ0) is 22.6. The number of carbonyl (C=O) groups is 1. The Morgan fingerprint density at radius 2 is 1.72 bits per heavy atom. The summed E-state index contributed by atoms with van der Waals surface area (Å²) in [5.41, 5.74) is 3.55. The lowest BCUT2D eigenvalue weighted by Gasteiger charge is -2.43. The fraction of sp³-hybridized carbons (Fsp3) is 0.565. The van der Waals surface area contributed by atoms with E-state index in [2.05, 4.69) is 68.2 Å². The number of aryl methyl sites for hydroxylation is 2. The Morgan fingerprint density at radius 3 is 2.34 bits per heavy atom. The quantitative estimate of drug-likeness (QED) is 0.518. The summed E-state index contributed by atoms with van der Waals surface area (Å²) in [6.45, 7) is 7.98. The van der Waals surface area contributed by atoms with Crippen LogP contribution in [0.2, 0.25) is 0 Å². The van der Waals surface area contributed by atoms with Gasteiger partial charge in [0.05, 0.1) is 0 Å². The fourth-order valence-corrected chi connectivity index (χ4v) is 4.66. The second kappa shape index (κ2) is 9.68. The third-order valence-corrected chi connectivity index (χ3v) is 6.61. The van der Waals surface area contributed by atoms with Crippen LogP contribution in [0.15, 0.2) is 18.2 Å². The first-order chi connectivity index (χ1) is 15.6. The number of piperazine rings is 1. The number of anilines is 3. The zero-order valence-corrected chi connectivity index (χ0v) is 19.3. The Labute approximate surface area is 189 Å². The van der Waals surface area contributed by atoms with E-state index < -0.39 is 5.54 Å². The molecule has 0 bridgehead atoms. The van der Waals surface area contributed by atoms with Crippen molar-refractivity contribution >= 4 is 23.8 Å². The van der Waals surface area contributed by atoms with Crippen molar-refractivity contribution in [1.82, 2.24) is 25.6 Å². The van der Waals surface area contributed by atoms with Gasteiger partial charge in [-0.15, -0.1) is 0 Å². The molecule has 0 unspecified atom stereocenters. The van der Waals surface area contributed by atoms with Crippen LogP contribution in [0.5, 0.6) is 0 Å². The monoisotopic (exact) mass is 438 g/mol. The second-order valence-corrected chi connectivity index (χ2v) is 8.40. The van der Waals surface area contributed by atoms with Crippen LogP contribution >= 0.6 is 0 Å². The third kappa shape index (κ3) is 4.48. The smallest absolute Gasteiger partial charge is 0.240 e. The van der Waals surface area contributed by atoms with Gasteiger partial charge in [-0.25, -0.2) is 0 Å². The molecule has 1 amide bonds. The van der Waals surface area contributed by atoms with E-state index in [4.69, 9.17) is 4.98 Å². The first-order valence-electron chi connectivity index (χ1n) is 11.6. The molecule has 1 spiro atoms. The lowest BCUT2D eigenvalue weighted by atomic mass is 9.85. The molecule has 1 aromatic carbocycles. The highest BCUT2D eigenvalue weighted by atomic mass is 16.2. The predicted molar refractivity (Wildman–Crippen MR) is 127 cm³/mol. The molecule has 9 nitrogen and oxygen atoms in total. The number of rotatable bonds is 7. The molecular formula is C23H34N8O. The SMILES string of the molecule is CCc1cccc(CC)c1CNc1nc(NC)nc(N2CCC3(CC2)NCCNC3=O)n1. The maximum Gasteiger partial charge on any atom is 0.240 e. The van der Waals surface area contributed by atoms with Crippen LogP contribution in [-0.2, 0) is 24.2 Å². The molecule has 0 saturated carbocycles. The van der Waals surface area contributed by atoms with Crippen molar-refractivity contribution in [3.8, 4) is 0 Å². The van der Waals surface area contributed by atoms with Gasteiger partial charge >= 0.3 is 0 Å². The summed E-state index contributed by atoms with van der Waals surface area (Å²) in [4.78, 5) is 28.4. The number of piperidine rings is 1. The molecule has 4 rings (SSSR count). The van der Waals surface area contributed by atoms with Crippen molar-refractivity contribution in [2.45, 2.75) is 51.6 Å². The summed E-state index contributed by atoms with van der Waals surface area (Å²) in [5.74, 6) is 1.84. The van der Waals surface area contributed by atoms with Crippen molar-refractivity contribution in [1.29, 1.82) is 0 Å². The molecule has 0 radical (unpaired) electrons. The van der Waals surface area contributed by atoms with Crippen LogP contribution in [0.4, 0.5) is 17.8 Å². The van der Waals surface area contributed by atoms with Crippen LogP contribution < -0.4 is 26.2 Å². The van der Waals surface area contributed by atoms with Gasteiger partial charge in [0.1, 0.15) is 5.54 Å². The van der Waals surface area contributed by atoms with Crippen molar-refractivity contribution in [3.05, 3.63) is 34.9 Å². The maximum absolute atomic E-state index is 12.4. The highest BCUT2D eigenvalue weighted by Crippen LogP contribution is 2.27. The average Bonchev–Trinajstić information content (AvgIpc) is 2.84. The number of nitrogens with zero attached hydrogens (tertiary/aromatic N) is 4. The normalized spacial score (nSPS) is 17.8. The molecule has 3 heterocycles. The fourth-order valence-electron chi connectivity index (χ4n) is 4.66. The van der Waals surface area contributed by atoms with Gasteiger partial charge in [0.15, 0.2) is 0 Å². The summed E-state index contributed by atoms with van der Waals surface area (Å²) in [6.07, 6.45) is 3.44. The van der Waals surface area contributed by atoms with Crippen molar-refractivity contribution in [2.75, 3.05) is 48.8 Å². The van der Waals surface area contributed by atoms with E-state index in [1.54, 1.807) is 0 Å². The average molecular weight is 439 g/mol. The summed E-state index contributed by atoms with van der Waals surface area (Å²) >= 11 is 0. The van der Waals surface area contributed by atoms with Crippen molar-refractivity contribution < 1.29 is 4.79 Å². The number of hydrogen-bond acceptors (Lipinski definition) is 8. The largest absolute Gasteiger partial charge is 0.357 e. The van der Waals surface area contributed by atoms with Crippen LogP contribution in [0.25, 0.3) is 0 Å². The Bertz CT molecular complexity index is 933. The number of benzene rings is 1. The minimum Gasteiger partial charge on any atom is -0.357 e. The van der Waals surface area contributed by atoms with E-state index >= 15 is 0 Å². The molecule has 1 aromatic heterocycles. The highest BCUT2D eigenvalue weighted by molar-refractivity contribution is 5.87.